The first-order chi connectivity index (χ1) is 9.84. The summed E-state index contributed by atoms with van der Waals surface area (Å²) < 4.78 is 0. The summed E-state index contributed by atoms with van der Waals surface area (Å²) in [5.74, 6) is 1.33. The van der Waals surface area contributed by atoms with E-state index < -0.39 is 0 Å². The summed E-state index contributed by atoms with van der Waals surface area (Å²) in [5, 5.41) is 2.87. The number of thioether (sulfide) groups is 1. The number of rotatable bonds is 6. The first-order valence-electron chi connectivity index (χ1n) is 6.49. The van der Waals surface area contributed by atoms with Gasteiger partial charge in [0.25, 0.3) is 0 Å². The fourth-order valence-electron chi connectivity index (χ4n) is 1.69. The predicted octanol–water partition coefficient (Wildman–Crippen LogP) is 4.07. The van der Waals surface area contributed by atoms with Crippen LogP contribution in [0.15, 0.2) is 66.7 Å². The van der Waals surface area contributed by atoms with Gasteiger partial charge in [0.2, 0.25) is 5.91 Å². The lowest BCUT2D eigenvalue weighted by molar-refractivity contribution is -0.113. The molecule has 2 nitrogen and oxygen atoms in total. The SMILES string of the molecule is O=C(CSC/C=C/c1ccccc1)Nc1ccccc1. The fraction of sp³-hybridized carbons (Fsp3) is 0.118. The average molecular weight is 283 g/mol. The Labute approximate surface area is 123 Å². The van der Waals surface area contributed by atoms with Gasteiger partial charge < -0.3 is 5.32 Å². The maximum Gasteiger partial charge on any atom is 0.234 e. The average Bonchev–Trinajstić information content (AvgIpc) is 2.49. The van der Waals surface area contributed by atoms with Gasteiger partial charge in [0.05, 0.1) is 5.75 Å². The second-order valence-electron chi connectivity index (χ2n) is 4.24. The van der Waals surface area contributed by atoms with E-state index in [1.807, 2.05) is 48.5 Å². The molecule has 0 aromatic heterocycles. The molecule has 2 aromatic rings. The van der Waals surface area contributed by atoms with Crippen molar-refractivity contribution in [2.75, 3.05) is 16.8 Å². The summed E-state index contributed by atoms with van der Waals surface area (Å²) >= 11 is 1.60. The Balaban J connectivity index is 1.66. The van der Waals surface area contributed by atoms with Crippen molar-refractivity contribution in [1.82, 2.24) is 0 Å². The Hall–Kier alpha value is -2.00. The number of nitrogens with one attached hydrogen (secondary N) is 1. The predicted molar refractivity (Wildman–Crippen MR) is 87.9 cm³/mol. The first-order valence-corrected chi connectivity index (χ1v) is 7.64. The van der Waals surface area contributed by atoms with Crippen molar-refractivity contribution in [2.24, 2.45) is 0 Å². The summed E-state index contributed by atoms with van der Waals surface area (Å²) in [6, 6.07) is 19.7. The van der Waals surface area contributed by atoms with Gasteiger partial charge in [-0.15, -0.1) is 11.8 Å². The number of hydrogen-bond acceptors (Lipinski definition) is 2. The minimum Gasteiger partial charge on any atom is -0.325 e. The molecule has 0 atom stereocenters. The molecule has 0 aliphatic heterocycles. The van der Waals surface area contributed by atoms with Crippen molar-refractivity contribution in [1.29, 1.82) is 0 Å². The van der Waals surface area contributed by atoms with Gasteiger partial charge in [0.1, 0.15) is 0 Å². The molecule has 2 aromatic carbocycles. The van der Waals surface area contributed by atoms with Crippen LogP contribution in [-0.2, 0) is 4.79 Å². The second-order valence-corrected chi connectivity index (χ2v) is 5.27. The van der Waals surface area contributed by atoms with Gasteiger partial charge in [-0.1, -0.05) is 60.7 Å². The summed E-state index contributed by atoms with van der Waals surface area (Å²) in [6.07, 6.45) is 4.15. The Bertz CT molecular complexity index is 552. The van der Waals surface area contributed by atoms with E-state index in [4.69, 9.17) is 0 Å². The monoisotopic (exact) mass is 283 g/mol. The van der Waals surface area contributed by atoms with Crippen LogP contribution in [0, 0.1) is 0 Å². The summed E-state index contributed by atoms with van der Waals surface area (Å²) in [5.41, 5.74) is 2.03. The summed E-state index contributed by atoms with van der Waals surface area (Å²) in [6.45, 7) is 0. The van der Waals surface area contributed by atoms with E-state index in [0.29, 0.717) is 5.75 Å². The lowest BCUT2D eigenvalue weighted by atomic mass is 10.2. The van der Waals surface area contributed by atoms with Crippen LogP contribution in [0.1, 0.15) is 5.56 Å². The van der Waals surface area contributed by atoms with Crippen LogP contribution in [-0.4, -0.2) is 17.4 Å². The van der Waals surface area contributed by atoms with Crippen molar-refractivity contribution in [3.63, 3.8) is 0 Å². The van der Waals surface area contributed by atoms with Crippen molar-refractivity contribution >= 4 is 29.4 Å². The normalized spacial score (nSPS) is 10.6. The molecule has 3 heteroatoms. The maximum atomic E-state index is 11.7. The number of anilines is 1. The van der Waals surface area contributed by atoms with Gasteiger partial charge in [-0.05, 0) is 17.7 Å². The minimum absolute atomic E-state index is 0.0364. The van der Waals surface area contributed by atoms with Crippen LogP contribution >= 0.6 is 11.8 Å². The van der Waals surface area contributed by atoms with Crippen LogP contribution in [0.25, 0.3) is 6.08 Å². The molecule has 0 aliphatic rings. The molecule has 0 bridgehead atoms. The molecule has 0 heterocycles. The van der Waals surface area contributed by atoms with Crippen molar-refractivity contribution in [2.45, 2.75) is 0 Å². The van der Waals surface area contributed by atoms with Gasteiger partial charge in [-0.2, -0.15) is 0 Å². The highest BCUT2D eigenvalue weighted by Gasteiger charge is 2.00. The molecule has 0 saturated carbocycles. The highest BCUT2D eigenvalue weighted by atomic mass is 32.2. The number of hydrogen-bond donors (Lipinski definition) is 1. The van der Waals surface area contributed by atoms with Crippen molar-refractivity contribution in [3.8, 4) is 0 Å². The zero-order valence-electron chi connectivity index (χ0n) is 11.2. The van der Waals surface area contributed by atoms with E-state index in [9.17, 15) is 4.79 Å². The standard InChI is InChI=1S/C17H17NOS/c19-17(18-16-11-5-2-6-12-16)14-20-13-7-10-15-8-3-1-4-9-15/h1-12H,13-14H2,(H,18,19)/b10-7+. The number of benzene rings is 2. The van der Waals surface area contributed by atoms with Crippen LogP contribution < -0.4 is 5.32 Å². The van der Waals surface area contributed by atoms with E-state index in [1.165, 1.54) is 5.56 Å². The lowest BCUT2D eigenvalue weighted by Gasteiger charge is -2.03. The van der Waals surface area contributed by atoms with Gasteiger partial charge in [-0.3, -0.25) is 4.79 Å². The van der Waals surface area contributed by atoms with Gasteiger partial charge in [-0.25, -0.2) is 0 Å². The number of carbonyl (C=O) groups is 1. The largest absolute Gasteiger partial charge is 0.325 e. The zero-order valence-corrected chi connectivity index (χ0v) is 12.0. The highest BCUT2D eigenvalue weighted by Crippen LogP contribution is 2.08. The third-order valence-corrected chi connectivity index (χ3v) is 3.51. The molecule has 0 aliphatic carbocycles. The van der Waals surface area contributed by atoms with Crippen molar-refractivity contribution < 1.29 is 4.79 Å². The van der Waals surface area contributed by atoms with E-state index >= 15 is 0 Å². The number of amides is 1. The lowest BCUT2D eigenvalue weighted by Crippen LogP contribution is -2.13. The second kappa shape index (κ2) is 8.23. The van der Waals surface area contributed by atoms with Crippen LogP contribution in [0.4, 0.5) is 5.69 Å². The number of carbonyl (C=O) groups excluding carboxylic acids is 1. The Morgan fingerprint density at radius 3 is 2.35 bits per heavy atom. The zero-order chi connectivity index (χ0) is 14.0. The molecule has 0 spiro atoms. The molecular formula is C17H17NOS. The molecular weight excluding hydrogens is 266 g/mol. The molecule has 2 rings (SSSR count). The fourth-order valence-corrected chi connectivity index (χ4v) is 2.29. The third kappa shape index (κ3) is 5.33. The topological polar surface area (TPSA) is 29.1 Å². The van der Waals surface area contributed by atoms with E-state index in [-0.39, 0.29) is 5.91 Å². The van der Waals surface area contributed by atoms with Crippen LogP contribution in [0.3, 0.4) is 0 Å². The Kier molecular flexibility index (Phi) is 5.93. The third-order valence-electron chi connectivity index (χ3n) is 2.61. The van der Waals surface area contributed by atoms with E-state index in [0.717, 1.165) is 11.4 Å². The molecule has 0 unspecified atom stereocenters. The minimum atomic E-state index is 0.0364. The van der Waals surface area contributed by atoms with Crippen LogP contribution in [0.2, 0.25) is 0 Å². The van der Waals surface area contributed by atoms with Crippen LogP contribution in [0.5, 0.6) is 0 Å². The molecule has 0 fully saturated rings. The first kappa shape index (κ1) is 14.4. The molecule has 20 heavy (non-hydrogen) atoms. The van der Waals surface area contributed by atoms with E-state index in [1.54, 1.807) is 11.8 Å². The molecule has 0 radical (unpaired) electrons. The van der Waals surface area contributed by atoms with Gasteiger partial charge >= 0.3 is 0 Å². The Morgan fingerprint density at radius 2 is 1.65 bits per heavy atom. The molecule has 0 saturated heterocycles. The quantitative estimate of drug-likeness (QED) is 0.810. The molecule has 1 N–H and O–H groups in total. The smallest absolute Gasteiger partial charge is 0.234 e. The molecule has 102 valence electrons. The summed E-state index contributed by atoms with van der Waals surface area (Å²) in [7, 11) is 0. The Morgan fingerprint density at radius 1 is 1.00 bits per heavy atom. The van der Waals surface area contributed by atoms with Crippen molar-refractivity contribution in [3.05, 3.63) is 72.3 Å². The maximum absolute atomic E-state index is 11.7. The van der Waals surface area contributed by atoms with Gasteiger partial charge in [0, 0.05) is 11.4 Å². The summed E-state index contributed by atoms with van der Waals surface area (Å²) in [4.78, 5) is 11.7. The molecule has 1 amide bonds. The number of para-hydroxylation sites is 1. The van der Waals surface area contributed by atoms with E-state index in [2.05, 4.69) is 29.6 Å². The van der Waals surface area contributed by atoms with Gasteiger partial charge in [0.15, 0.2) is 0 Å². The highest BCUT2D eigenvalue weighted by molar-refractivity contribution is 8.00.